The monoisotopic (exact) mass is 253 g/mol. The van der Waals surface area contributed by atoms with Crippen molar-refractivity contribution in [3.8, 4) is 0 Å². The van der Waals surface area contributed by atoms with Crippen molar-refractivity contribution < 1.29 is 4.74 Å². The van der Waals surface area contributed by atoms with Crippen molar-refractivity contribution in [3.05, 3.63) is 0 Å². The standard InChI is InChI=1S/C16H31NO/c1-4-15-13(8-11-18-15)12-17-14-6-5-9-16(2,3)10-7-14/h13-15,17H,4-12H2,1-3H3. The third-order valence-corrected chi connectivity index (χ3v) is 4.99. The fourth-order valence-corrected chi connectivity index (χ4v) is 3.56. The summed E-state index contributed by atoms with van der Waals surface area (Å²) in [5, 5.41) is 3.83. The summed E-state index contributed by atoms with van der Waals surface area (Å²) < 4.78 is 5.77. The largest absolute Gasteiger partial charge is 0.378 e. The summed E-state index contributed by atoms with van der Waals surface area (Å²) in [4.78, 5) is 0. The lowest BCUT2D eigenvalue weighted by atomic mass is 9.85. The zero-order valence-corrected chi connectivity index (χ0v) is 12.5. The van der Waals surface area contributed by atoms with Gasteiger partial charge >= 0.3 is 0 Å². The van der Waals surface area contributed by atoms with Crippen LogP contribution in [0.25, 0.3) is 0 Å². The van der Waals surface area contributed by atoms with Crippen molar-refractivity contribution >= 4 is 0 Å². The Kier molecular flexibility index (Phi) is 5.08. The van der Waals surface area contributed by atoms with E-state index in [2.05, 4.69) is 26.1 Å². The fraction of sp³-hybridized carbons (Fsp3) is 1.00. The third-order valence-electron chi connectivity index (χ3n) is 4.99. The Hall–Kier alpha value is -0.0800. The van der Waals surface area contributed by atoms with Gasteiger partial charge in [-0.1, -0.05) is 27.2 Å². The molecule has 2 fully saturated rings. The van der Waals surface area contributed by atoms with Gasteiger partial charge in [0.1, 0.15) is 0 Å². The zero-order chi connectivity index (χ0) is 13.0. The van der Waals surface area contributed by atoms with Crippen molar-refractivity contribution in [1.29, 1.82) is 0 Å². The minimum atomic E-state index is 0.514. The Labute approximate surface area is 113 Å². The molecule has 0 amide bonds. The van der Waals surface area contributed by atoms with Crippen molar-refractivity contribution in [3.63, 3.8) is 0 Å². The van der Waals surface area contributed by atoms with Gasteiger partial charge in [-0.15, -0.1) is 0 Å². The van der Waals surface area contributed by atoms with E-state index in [-0.39, 0.29) is 0 Å². The third kappa shape index (κ3) is 3.96. The van der Waals surface area contributed by atoms with E-state index in [9.17, 15) is 0 Å². The van der Waals surface area contributed by atoms with Gasteiger partial charge in [0, 0.05) is 19.2 Å². The van der Waals surface area contributed by atoms with E-state index in [0.717, 1.165) is 18.6 Å². The summed E-state index contributed by atoms with van der Waals surface area (Å²) in [7, 11) is 0. The van der Waals surface area contributed by atoms with Crippen LogP contribution in [0.2, 0.25) is 0 Å². The van der Waals surface area contributed by atoms with Gasteiger partial charge in [0.05, 0.1) is 6.10 Å². The number of rotatable bonds is 4. The first-order valence-electron chi connectivity index (χ1n) is 7.96. The predicted molar refractivity (Wildman–Crippen MR) is 76.8 cm³/mol. The Morgan fingerprint density at radius 2 is 2.00 bits per heavy atom. The quantitative estimate of drug-likeness (QED) is 0.770. The van der Waals surface area contributed by atoms with Gasteiger partial charge in [-0.25, -0.2) is 0 Å². The molecule has 0 spiro atoms. The minimum absolute atomic E-state index is 0.514. The Morgan fingerprint density at radius 3 is 2.78 bits per heavy atom. The van der Waals surface area contributed by atoms with Gasteiger partial charge in [0.25, 0.3) is 0 Å². The molecular formula is C16H31NO. The summed E-state index contributed by atoms with van der Waals surface area (Å²) in [5.41, 5.74) is 0.568. The molecule has 1 aliphatic heterocycles. The Bertz CT molecular complexity index is 251. The summed E-state index contributed by atoms with van der Waals surface area (Å²) in [6.45, 7) is 9.24. The molecule has 1 saturated carbocycles. The van der Waals surface area contributed by atoms with Crippen LogP contribution in [0.1, 0.15) is 65.7 Å². The summed E-state index contributed by atoms with van der Waals surface area (Å²) >= 11 is 0. The topological polar surface area (TPSA) is 21.3 Å². The lowest BCUT2D eigenvalue weighted by Crippen LogP contribution is -2.35. The average molecular weight is 253 g/mol. The second-order valence-corrected chi connectivity index (χ2v) is 7.07. The highest BCUT2D eigenvalue weighted by Crippen LogP contribution is 2.34. The van der Waals surface area contributed by atoms with Crippen LogP contribution in [-0.4, -0.2) is 25.3 Å². The average Bonchev–Trinajstić information content (AvgIpc) is 2.72. The molecule has 106 valence electrons. The zero-order valence-electron chi connectivity index (χ0n) is 12.5. The molecule has 0 aromatic heterocycles. The SMILES string of the molecule is CCC1OCCC1CNC1CCCC(C)(C)CC1. The van der Waals surface area contributed by atoms with Gasteiger partial charge in [0.2, 0.25) is 0 Å². The van der Waals surface area contributed by atoms with E-state index in [1.54, 1.807) is 0 Å². The van der Waals surface area contributed by atoms with E-state index in [4.69, 9.17) is 4.74 Å². The first kappa shape index (κ1) is 14.3. The molecule has 2 nitrogen and oxygen atoms in total. The fourth-order valence-electron chi connectivity index (χ4n) is 3.56. The second kappa shape index (κ2) is 6.38. The van der Waals surface area contributed by atoms with Gasteiger partial charge in [0.15, 0.2) is 0 Å². The lowest BCUT2D eigenvalue weighted by molar-refractivity contribution is 0.0864. The summed E-state index contributed by atoms with van der Waals surface area (Å²) in [5.74, 6) is 0.756. The highest BCUT2D eigenvalue weighted by Gasteiger charge is 2.28. The molecule has 0 radical (unpaired) electrons. The van der Waals surface area contributed by atoms with Crippen LogP contribution in [0, 0.1) is 11.3 Å². The molecule has 1 heterocycles. The van der Waals surface area contributed by atoms with Gasteiger partial charge in [-0.05, 0) is 49.9 Å². The van der Waals surface area contributed by atoms with E-state index in [1.165, 1.54) is 51.5 Å². The maximum absolute atomic E-state index is 5.77. The molecule has 2 heteroatoms. The minimum Gasteiger partial charge on any atom is -0.378 e. The van der Waals surface area contributed by atoms with Crippen molar-refractivity contribution in [2.75, 3.05) is 13.2 Å². The molecule has 2 rings (SSSR count). The molecule has 0 bridgehead atoms. The highest BCUT2D eigenvalue weighted by molar-refractivity contribution is 4.82. The second-order valence-electron chi connectivity index (χ2n) is 7.07. The number of hydrogen-bond acceptors (Lipinski definition) is 2. The molecule has 3 atom stereocenters. The maximum atomic E-state index is 5.77. The summed E-state index contributed by atoms with van der Waals surface area (Å²) in [6, 6.07) is 0.755. The van der Waals surface area contributed by atoms with Gasteiger partial charge in [-0.3, -0.25) is 0 Å². The smallest absolute Gasteiger partial charge is 0.0613 e. The van der Waals surface area contributed by atoms with Crippen LogP contribution in [-0.2, 0) is 4.74 Å². The maximum Gasteiger partial charge on any atom is 0.0613 e. The van der Waals surface area contributed by atoms with Crippen molar-refractivity contribution in [2.24, 2.45) is 11.3 Å². The first-order chi connectivity index (χ1) is 8.61. The van der Waals surface area contributed by atoms with E-state index >= 15 is 0 Å². The molecule has 0 aromatic rings. The molecule has 3 unspecified atom stereocenters. The lowest BCUT2D eigenvalue weighted by Gasteiger charge is -2.23. The van der Waals surface area contributed by atoms with Gasteiger partial charge < -0.3 is 10.1 Å². The van der Waals surface area contributed by atoms with E-state index < -0.39 is 0 Å². The normalized spacial score (nSPS) is 36.5. The molecule has 1 N–H and O–H groups in total. The van der Waals surface area contributed by atoms with E-state index in [0.29, 0.717) is 11.5 Å². The van der Waals surface area contributed by atoms with Crippen LogP contribution < -0.4 is 5.32 Å². The Balaban J connectivity index is 1.73. The highest BCUT2D eigenvalue weighted by atomic mass is 16.5. The van der Waals surface area contributed by atoms with Crippen LogP contribution in [0.5, 0.6) is 0 Å². The summed E-state index contributed by atoms with van der Waals surface area (Å²) in [6.07, 6.45) is 9.83. The molecule has 1 saturated heterocycles. The molecule has 1 aliphatic carbocycles. The van der Waals surface area contributed by atoms with Crippen LogP contribution in [0.15, 0.2) is 0 Å². The number of nitrogens with one attached hydrogen (secondary N) is 1. The Morgan fingerprint density at radius 1 is 1.17 bits per heavy atom. The number of ether oxygens (including phenoxy) is 1. The van der Waals surface area contributed by atoms with Gasteiger partial charge in [-0.2, -0.15) is 0 Å². The van der Waals surface area contributed by atoms with Crippen LogP contribution >= 0.6 is 0 Å². The molecular weight excluding hydrogens is 222 g/mol. The predicted octanol–water partition coefficient (Wildman–Crippen LogP) is 3.75. The van der Waals surface area contributed by atoms with Crippen molar-refractivity contribution in [1.82, 2.24) is 5.32 Å². The van der Waals surface area contributed by atoms with Crippen LogP contribution in [0.4, 0.5) is 0 Å². The molecule has 18 heavy (non-hydrogen) atoms. The molecule has 2 aliphatic rings. The van der Waals surface area contributed by atoms with Crippen molar-refractivity contribution in [2.45, 2.75) is 77.9 Å². The molecule has 0 aromatic carbocycles. The van der Waals surface area contributed by atoms with E-state index in [1.807, 2.05) is 0 Å². The first-order valence-corrected chi connectivity index (χ1v) is 7.96. The van der Waals surface area contributed by atoms with Crippen LogP contribution in [0.3, 0.4) is 0 Å². The number of hydrogen-bond donors (Lipinski definition) is 1.